The van der Waals surface area contributed by atoms with Gasteiger partial charge in [0.1, 0.15) is 0 Å². The van der Waals surface area contributed by atoms with Gasteiger partial charge in [0.25, 0.3) is 0 Å². The topological polar surface area (TPSA) is 24.1 Å². The first-order valence-electron chi connectivity index (χ1n) is 7.62. The van der Waals surface area contributed by atoms with Crippen LogP contribution in [0.5, 0.6) is 0 Å². The lowest BCUT2D eigenvalue weighted by Gasteiger charge is -2.27. The van der Waals surface area contributed by atoms with Crippen LogP contribution in [0, 0.1) is 0 Å². The molecule has 1 saturated heterocycles. The average Bonchev–Trinajstić information content (AvgIpc) is 2.47. The Bertz CT molecular complexity index is 413. The van der Waals surface area contributed by atoms with Crippen LogP contribution in [0.15, 0.2) is 41.8 Å². The molecule has 1 aliphatic rings. The number of hydrogen-bond acceptors (Lipinski definition) is 3. The van der Waals surface area contributed by atoms with Crippen molar-refractivity contribution in [3.05, 3.63) is 36.9 Å². The maximum atomic E-state index is 3.79. The fourth-order valence-corrected chi connectivity index (χ4v) is 3.49. The predicted octanol–water partition coefficient (Wildman–Crippen LogP) is 4.30. The predicted molar refractivity (Wildman–Crippen MR) is 90.7 cm³/mol. The van der Waals surface area contributed by atoms with Crippen molar-refractivity contribution in [2.24, 2.45) is 0 Å². The molecule has 3 heteroatoms. The van der Waals surface area contributed by atoms with Crippen molar-refractivity contribution in [2.75, 3.05) is 17.6 Å². The van der Waals surface area contributed by atoms with Gasteiger partial charge in [-0.2, -0.15) is 0 Å². The second-order valence-corrected chi connectivity index (χ2v) is 6.59. The summed E-state index contributed by atoms with van der Waals surface area (Å²) in [6.45, 7) is 7.26. The van der Waals surface area contributed by atoms with Crippen molar-refractivity contribution in [2.45, 2.75) is 49.6 Å². The van der Waals surface area contributed by atoms with E-state index in [1.807, 2.05) is 17.8 Å². The number of thioether (sulfide) groups is 1. The Morgan fingerprint density at radius 3 is 3.05 bits per heavy atom. The van der Waals surface area contributed by atoms with Crippen LogP contribution in [-0.2, 0) is 0 Å². The average molecular weight is 290 g/mol. The molecule has 0 saturated carbocycles. The van der Waals surface area contributed by atoms with Gasteiger partial charge in [-0.1, -0.05) is 24.6 Å². The normalized spacial score (nSPS) is 20.4. The van der Waals surface area contributed by atoms with Crippen LogP contribution in [0.2, 0.25) is 0 Å². The fraction of sp³-hybridized carbons (Fsp3) is 0.529. The van der Waals surface area contributed by atoms with Crippen LogP contribution in [0.3, 0.4) is 0 Å². The van der Waals surface area contributed by atoms with Gasteiger partial charge < -0.3 is 10.6 Å². The van der Waals surface area contributed by atoms with E-state index in [0.717, 1.165) is 5.75 Å². The lowest BCUT2D eigenvalue weighted by atomic mass is 9.99. The van der Waals surface area contributed by atoms with Crippen LogP contribution >= 0.6 is 11.8 Å². The molecule has 1 aromatic rings. The van der Waals surface area contributed by atoms with Crippen molar-refractivity contribution in [3.63, 3.8) is 0 Å². The number of rotatable bonds is 7. The second kappa shape index (κ2) is 8.38. The molecule has 2 rings (SSSR count). The molecule has 0 bridgehead atoms. The Morgan fingerprint density at radius 1 is 1.45 bits per heavy atom. The van der Waals surface area contributed by atoms with Gasteiger partial charge in [-0.05, 0) is 44.9 Å². The molecule has 20 heavy (non-hydrogen) atoms. The Labute approximate surface area is 127 Å². The molecule has 0 aliphatic carbocycles. The molecule has 1 aliphatic heterocycles. The summed E-state index contributed by atoms with van der Waals surface area (Å²) in [6.07, 6.45) is 7.17. The van der Waals surface area contributed by atoms with Crippen molar-refractivity contribution >= 4 is 17.4 Å². The molecule has 0 radical (unpaired) electrons. The highest BCUT2D eigenvalue weighted by Gasteiger charge is 2.16. The zero-order valence-electron chi connectivity index (χ0n) is 12.4. The summed E-state index contributed by atoms with van der Waals surface area (Å²) < 4.78 is 0. The first-order valence-corrected chi connectivity index (χ1v) is 8.61. The Kier molecular flexibility index (Phi) is 6.48. The maximum Gasteiger partial charge on any atom is 0.0480 e. The van der Waals surface area contributed by atoms with Gasteiger partial charge in [0.05, 0.1) is 0 Å². The van der Waals surface area contributed by atoms with Gasteiger partial charge in [0, 0.05) is 28.4 Å². The number of hydrogen-bond donors (Lipinski definition) is 2. The van der Waals surface area contributed by atoms with E-state index in [9.17, 15) is 0 Å². The van der Waals surface area contributed by atoms with Crippen molar-refractivity contribution in [1.82, 2.24) is 5.32 Å². The second-order valence-electron chi connectivity index (χ2n) is 5.52. The third-order valence-corrected chi connectivity index (χ3v) is 4.77. The highest BCUT2D eigenvalue weighted by Crippen LogP contribution is 2.28. The Balaban J connectivity index is 1.89. The van der Waals surface area contributed by atoms with E-state index in [1.165, 1.54) is 42.8 Å². The largest absolute Gasteiger partial charge is 0.382 e. The molecule has 2 N–H and O–H groups in total. The van der Waals surface area contributed by atoms with Gasteiger partial charge >= 0.3 is 0 Å². The summed E-state index contributed by atoms with van der Waals surface area (Å²) >= 11 is 1.84. The van der Waals surface area contributed by atoms with Crippen molar-refractivity contribution in [3.8, 4) is 0 Å². The smallest absolute Gasteiger partial charge is 0.0480 e. The molecule has 0 amide bonds. The number of para-hydroxylation sites is 1. The first-order chi connectivity index (χ1) is 9.79. The van der Waals surface area contributed by atoms with E-state index in [4.69, 9.17) is 0 Å². The first kappa shape index (κ1) is 15.5. The van der Waals surface area contributed by atoms with E-state index < -0.39 is 0 Å². The lowest BCUT2D eigenvalue weighted by Crippen LogP contribution is -2.37. The summed E-state index contributed by atoms with van der Waals surface area (Å²) in [7, 11) is 0. The summed E-state index contributed by atoms with van der Waals surface area (Å²) in [6, 6.07) is 9.74. The zero-order valence-corrected chi connectivity index (χ0v) is 13.2. The highest BCUT2D eigenvalue weighted by atomic mass is 32.2. The number of anilines is 1. The minimum atomic E-state index is 0.496. The summed E-state index contributed by atoms with van der Waals surface area (Å²) in [5, 5.41) is 7.30. The van der Waals surface area contributed by atoms with Crippen LogP contribution in [-0.4, -0.2) is 24.4 Å². The Morgan fingerprint density at radius 2 is 2.30 bits per heavy atom. The van der Waals surface area contributed by atoms with Crippen molar-refractivity contribution in [1.29, 1.82) is 0 Å². The molecule has 2 unspecified atom stereocenters. The minimum Gasteiger partial charge on any atom is -0.382 e. The SMILES string of the molecule is C=CCSc1ccccc1NC(C)CC1CCCCN1. The van der Waals surface area contributed by atoms with Gasteiger partial charge in [0.15, 0.2) is 0 Å². The lowest BCUT2D eigenvalue weighted by molar-refractivity contribution is 0.371. The molecule has 1 heterocycles. The van der Waals surface area contributed by atoms with Crippen LogP contribution in [0.1, 0.15) is 32.6 Å². The molecule has 2 atom stereocenters. The Hall–Kier alpha value is -0.930. The molecule has 1 aromatic carbocycles. The van der Waals surface area contributed by atoms with Crippen LogP contribution in [0.25, 0.3) is 0 Å². The zero-order chi connectivity index (χ0) is 14.2. The summed E-state index contributed by atoms with van der Waals surface area (Å²) in [5.74, 6) is 0.956. The maximum absolute atomic E-state index is 3.79. The van der Waals surface area contributed by atoms with Gasteiger partial charge in [-0.3, -0.25) is 0 Å². The van der Waals surface area contributed by atoms with E-state index >= 15 is 0 Å². The third-order valence-electron chi connectivity index (χ3n) is 3.70. The fourth-order valence-electron chi connectivity index (χ4n) is 2.74. The number of nitrogens with one attached hydrogen (secondary N) is 2. The van der Waals surface area contributed by atoms with E-state index in [0.29, 0.717) is 12.1 Å². The monoisotopic (exact) mass is 290 g/mol. The molecule has 110 valence electrons. The summed E-state index contributed by atoms with van der Waals surface area (Å²) in [5.41, 5.74) is 1.25. The highest BCUT2D eigenvalue weighted by molar-refractivity contribution is 7.99. The minimum absolute atomic E-state index is 0.496. The standard InChI is InChI=1S/C17H26N2S/c1-3-12-20-17-10-5-4-9-16(17)19-14(2)13-15-8-6-7-11-18-15/h3-5,9-10,14-15,18-19H,1,6-8,11-13H2,2H3. The number of piperidine rings is 1. The van der Waals surface area contributed by atoms with Crippen molar-refractivity contribution < 1.29 is 0 Å². The molecule has 2 nitrogen and oxygen atoms in total. The van der Waals surface area contributed by atoms with Gasteiger partial charge in [-0.15, -0.1) is 18.3 Å². The molecule has 0 spiro atoms. The van der Waals surface area contributed by atoms with E-state index in [2.05, 4.69) is 48.4 Å². The van der Waals surface area contributed by atoms with E-state index in [1.54, 1.807) is 0 Å². The summed E-state index contributed by atoms with van der Waals surface area (Å²) in [4.78, 5) is 1.32. The molecule has 0 aromatic heterocycles. The van der Waals surface area contributed by atoms with Crippen LogP contribution < -0.4 is 10.6 Å². The van der Waals surface area contributed by atoms with Crippen LogP contribution in [0.4, 0.5) is 5.69 Å². The molecule has 1 fully saturated rings. The van der Waals surface area contributed by atoms with Gasteiger partial charge in [-0.25, -0.2) is 0 Å². The van der Waals surface area contributed by atoms with Gasteiger partial charge in [0.2, 0.25) is 0 Å². The quantitative estimate of drug-likeness (QED) is 0.578. The third kappa shape index (κ3) is 4.88. The van der Waals surface area contributed by atoms with E-state index in [-0.39, 0.29) is 0 Å². The number of benzene rings is 1. The molecular formula is C17H26N2S. The molecular weight excluding hydrogens is 264 g/mol.